The van der Waals surface area contributed by atoms with Gasteiger partial charge in [0.25, 0.3) is 0 Å². The van der Waals surface area contributed by atoms with E-state index in [-0.39, 0.29) is 11.5 Å². The van der Waals surface area contributed by atoms with Gasteiger partial charge in [-0.25, -0.2) is 0 Å². The van der Waals surface area contributed by atoms with E-state index >= 15 is 0 Å². The van der Waals surface area contributed by atoms with Crippen LogP contribution in [0, 0.1) is 34.5 Å². The van der Waals surface area contributed by atoms with Crippen LogP contribution in [0.5, 0.6) is 0 Å². The van der Waals surface area contributed by atoms with Crippen LogP contribution in [-0.4, -0.2) is 60.3 Å². The van der Waals surface area contributed by atoms with Crippen LogP contribution in [0.3, 0.4) is 0 Å². The monoisotopic (exact) mass is 406 g/mol. The Hall–Kier alpha value is -0.650. The molecule has 0 unspecified atom stereocenters. The molecule has 4 saturated carbocycles. The molecule has 0 heterocycles. The Bertz CT molecular complexity index is 625. The second-order valence-electron chi connectivity index (χ2n) is 11.3. The first-order chi connectivity index (χ1) is 13.7. The lowest BCUT2D eigenvalue weighted by molar-refractivity contribution is -0.206. The molecule has 0 saturated heterocycles. The van der Waals surface area contributed by atoms with Crippen molar-refractivity contribution in [1.82, 2.24) is 4.90 Å². The van der Waals surface area contributed by atoms with Gasteiger partial charge < -0.3 is 20.0 Å². The molecule has 4 aliphatic carbocycles. The van der Waals surface area contributed by atoms with Gasteiger partial charge in [-0.15, -0.1) is 0 Å². The van der Waals surface area contributed by atoms with E-state index in [0.717, 1.165) is 51.5 Å². The number of fused-ring (bicyclic) bond motifs is 5. The minimum Gasteiger partial charge on any atom is -0.395 e. The Kier molecular flexibility index (Phi) is 5.80. The Labute approximate surface area is 176 Å². The largest absolute Gasteiger partial charge is 0.395 e. The summed E-state index contributed by atoms with van der Waals surface area (Å²) in [6.45, 7) is 6.25. The number of aliphatic hydroxyl groups is 2. The van der Waals surface area contributed by atoms with Crippen LogP contribution >= 0.6 is 0 Å². The van der Waals surface area contributed by atoms with Crippen molar-refractivity contribution in [3.8, 4) is 0 Å². The summed E-state index contributed by atoms with van der Waals surface area (Å²) in [6.07, 6.45) is 11.4. The summed E-state index contributed by atoms with van der Waals surface area (Å²) in [7, 11) is 4.07. The Morgan fingerprint density at radius 3 is 2.59 bits per heavy atom. The third-order valence-corrected chi connectivity index (χ3v) is 9.84. The Balaban J connectivity index is 1.49. The molecular formula is C24H42N2O3. The topological polar surface area (TPSA) is 65.3 Å². The standard InChI is InChI=1S/C24H42N2O3/c1-22-10-8-19(27)15-17(22)5-6-21-20(22)9-11-23(2)18(7-12-24(21,23)28)16-25-29-14-13-26(3)4/h16-21,27-28H,5-15H2,1-4H3/b25-16-/t17-,18-,19+,20+,21-,22+,23-,24+/m1/s1. The summed E-state index contributed by atoms with van der Waals surface area (Å²) in [6, 6.07) is 0. The Morgan fingerprint density at radius 1 is 1.03 bits per heavy atom. The van der Waals surface area contributed by atoms with Gasteiger partial charge in [0, 0.05) is 24.1 Å². The summed E-state index contributed by atoms with van der Waals surface area (Å²) < 4.78 is 0. The van der Waals surface area contributed by atoms with Crippen molar-refractivity contribution in [3.05, 3.63) is 0 Å². The van der Waals surface area contributed by atoms with Crippen LogP contribution in [0.2, 0.25) is 0 Å². The second kappa shape index (κ2) is 7.80. The number of oxime groups is 1. The first-order valence-corrected chi connectivity index (χ1v) is 11.9. The van der Waals surface area contributed by atoms with Crippen molar-refractivity contribution < 1.29 is 15.1 Å². The molecular weight excluding hydrogens is 364 g/mol. The quantitative estimate of drug-likeness (QED) is 0.415. The Morgan fingerprint density at radius 2 is 1.83 bits per heavy atom. The minimum atomic E-state index is -0.583. The van der Waals surface area contributed by atoms with Crippen LogP contribution in [0.1, 0.15) is 71.6 Å². The molecule has 2 N–H and O–H groups in total. The molecule has 0 aromatic heterocycles. The SMILES string of the molecule is CN(C)CCO/N=C\[C@H]1CC[C@]2(O)[C@@H]3CC[C@@H]4C[C@@H](O)CC[C@]4(C)[C@H]3CC[C@]12C. The normalized spacial score (nSPS) is 49.7. The van der Waals surface area contributed by atoms with E-state index in [2.05, 4.69) is 23.9 Å². The molecule has 166 valence electrons. The van der Waals surface area contributed by atoms with Gasteiger partial charge in [0.15, 0.2) is 0 Å². The molecule has 0 bridgehead atoms. The number of hydrogen-bond donors (Lipinski definition) is 2. The summed E-state index contributed by atoms with van der Waals surface area (Å²) in [5.41, 5.74) is -0.388. The van der Waals surface area contributed by atoms with E-state index in [4.69, 9.17) is 4.84 Å². The lowest BCUT2D eigenvalue weighted by atomic mass is 9.43. The van der Waals surface area contributed by atoms with Gasteiger partial charge in [-0.05, 0) is 95.1 Å². The van der Waals surface area contributed by atoms with Crippen LogP contribution in [0.4, 0.5) is 0 Å². The van der Waals surface area contributed by atoms with Crippen LogP contribution in [0.15, 0.2) is 5.16 Å². The molecule has 0 aromatic rings. The molecule has 0 spiro atoms. The number of likely N-dealkylation sites (N-methyl/N-ethyl adjacent to an activating group) is 1. The van der Waals surface area contributed by atoms with E-state index in [1.54, 1.807) is 0 Å². The fourth-order valence-electron chi connectivity index (χ4n) is 7.88. The fourth-order valence-corrected chi connectivity index (χ4v) is 7.88. The van der Waals surface area contributed by atoms with Crippen LogP contribution in [0.25, 0.3) is 0 Å². The highest BCUT2D eigenvalue weighted by molar-refractivity contribution is 5.63. The van der Waals surface area contributed by atoms with Crippen molar-refractivity contribution in [3.63, 3.8) is 0 Å². The lowest BCUT2D eigenvalue weighted by Crippen LogP contribution is -2.62. The smallest absolute Gasteiger partial charge is 0.129 e. The van der Waals surface area contributed by atoms with E-state index in [1.807, 2.05) is 20.3 Å². The maximum absolute atomic E-state index is 12.1. The van der Waals surface area contributed by atoms with Gasteiger partial charge in [-0.2, -0.15) is 0 Å². The molecule has 4 aliphatic rings. The van der Waals surface area contributed by atoms with E-state index in [1.165, 1.54) is 12.8 Å². The molecule has 0 amide bonds. The third kappa shape index (κ3) is 3.45. The zero-order valence-corrected chi connectivity index (χ0v) is 18.9. The van der Waals surface area contributed by atoms with Gasteiger partial charge >= 0.3 is 0 Å². The first-order valence-electron chi connectivity index (χ1n) is 11.9. The highest BCUT2D eigenvalue weighted by Crippen LogP contribution is 2.68. The first kappa shape index (κ1) is 21.6. The molecule has 8 atom stereocenters. The van der Waals surface area contributed by atoms with Crippen molar-refractivity contribution in [2.24, 2.45) is 39.7 Å². The number of aliphatic hydroxyl groups excluding tert-OH is 1. The number of hydrogen-bond acceptors (Lipinski definition) is 5. The summed E-state index contributed by atoms with van der Waals surface area (Å²) in [5.74, 6) is 1.92. The zero-order chi connectivity index (χ0) is 20.9. The maximum atomic E-state index is 12.1. The number of nitrogens with zero attached hydrogens (tertiary/aromatic N) is 2. The fraction of sp³-hybridized carbons (Fsp3) is 0.958. The van der Waals surface area contributed by atoms with Crippen molar-refractivity contribution >= 4 is 6.21 Å². The number of rotatable bonds is 5. The molecule has 0 aliphatic heterocycles. The summed E-state index contributed by atoms with van der Waals surface area (Å²) >= 11 is 0. The average molecular weight is 407 g/mol. The average Bonchev–Trinajstić information content (AvgIpc) is 2.93. The van der Waals surface area contributed by atoms with Gasteiger partial charge in [0.1, 0.15) is 6.61 Å². The van der Waals surface area contributed by atoms with Gasteiger partial charge in [0.2, 0.25) is 0 Å². The summed E-state index contributed by atoms with van der Waals surface area (Å²) in [5, 5.41) is 26.6. The van der Waals surface area contributed by atoms with Crippen LogP contribution in [-0.2, 0) is 4.84 Å². The summed E-state index contributed by atoms with van der Waals surface area (Å²) in [4.78, 5) is 7.58. The van der Waals surface area contributed by atoms with Crippen molar-refractivity contribution in [2.45, 2.75) is 83.3 Å². The second-order valence-corrected chi connectivity index (χ2v) is 11.3. The van der Waals surface area contributed by atoms with Crippen molar-refractivity contribution in [1.29, 1.82) is 0 Å². The highest BCUT2D eigenvalue weighted by atomic mass is 16.6. The maximum Gasteiger partial charge on any atom is 0.129 e. The molecule has 4 fully saturated rings. The lowest BCUT2D eigenvalue weighted by Gasteiger charge is -2.63. The molecule has 0 aromatic carbocycles. The predicted octanol–water partition coefficient (Wildman–Crippen LogP) is 3.69. The highest BCUT2D eigenvalue weighted by Gasteiger charge is 2.66. The van der Waals surface area contributed by atoms with E-state index < -0.39 is 5.60 Å². The van der Waals surface area contributed by atoms with Crippen molar-refractivity contribution in [2.75, 3.05) is 27.2 Å². The van der Waals surface area contributed by atoms with E-state index in [0.29, 0.717) is 35.7 Å². The third-order valence-electron chi connectivity index (χ3n) is 9.84. The van der Waals surface area contributed by atoms with Gasteiger partial charge in [-0.3, -0.25) is 0 Å². The molecule has 4 rings (SSSR count). The van der Waals surface area contributed by atoms with E-state index in [9.17, 15) is 10.2 Å². The van der Waals surface area contributed by atoms with Gasteiger partial charge in [0.05, 0.1) is 11.7 Å². The molecule has 5 nitrogen and oxygen atoms in total. The predicted molar refractivity (Wildman–Crippen MR) is 116 cm³/mol. The zero-order valence-electron chi connectivity index (χ0n) is 18.9. The molecule has 0 radical (unpaired) electrons. The minimum absolute atomic E-state index is 0.0973. The van der Waals surface area contributed by atoms with Gasteiger partial charge in [-0.1, -0.05) is 19.0 Å². The molecule has 29 heavy (non-hydrogen) atoms. The van der Waals surface area contributed by atoms with Crippen LogP contribution < -0.4 is 0 Å². The molecule has 5 heteroatoms.